The van der Waals surface area contributed by atoms with Crippen molar-refractivity contribution < 1.29 is 5.11 Å². The van der Waals surface area contributed by atoms with Crippen molar-refractivity contribution in [3.63, 3.8) is 0 Å². The third-order valence-electron chi connectivity index (χ3n) is 2.07. The third-order valence-corrected chi connectivity index (χ3v) is 2.07. The Morgan fingerprint density at radius 1 is 1.69 bits per heavy atom. The number of nitrogens with two attached hydrogens (primary N) is 1. The molecule has 1 aromatic rings. The lowest BCUT2D eigenvalue weighted by Gasteiger charge is -2.26. The number of nitrogens with zero attached hydrogens (tertiary/aromatic N) is 2. The molecule has 0 aliphatic rings. The molecule has 0 bridgehead atoms. The first-order valence-electron chi connectivity index (χ1n) is 4.43. The van der Waals surface area contributed by atoms with Crippen LogP contribution in [0.1, 0.15) is 32.6 Å². The first-order valence-corrected chi connectivity index (χ1v) is 4.43. The summed E-state index contributed by atoms with van der Waals surface area (Å²) in [5, 5.41) is 9.87. The lowest BCUT2D eigenvalue weighted by Crippen LogP contribution is -2.40. The van der Waals surface area contributed by atoms with Crippen LogP contribution >= 0.6 is 0 Å². The number of aliphatic hydroxyl groups excluding tert-OH is 1. The summed E-state index contributed by atoms with van der Waals surface area (Å²) in [4.78, 5) is 3.97. The van der Waals surface area contributed by atoms with Crippen molar-refractivity contribution in [2.45, 2.75) is 39.0 Å². The van der Waals surface area contributed by atoms with Crippen LogP contribution in [0.25, 0.3) is 0 Å². The summed E-state index contributed by atoms with van der Waals surface area (Å²) >= 11 is 0. The van der Waals surface area contributed by atoms with Gasteiger partial charge in [0.05, 0.1) is 18.2 Å². The summed E-state index contributed by atoms with van der Waals surface area (Å²) in [7, 11) is 0. The molecule has 0 amide bonds. The highest BCUT2D eigenvalue weighted by atomic mass is 16.3. The maximum atomic E-state index is 9.87. The highest BCUT2D eigenvalue weighted by Crippen LogP contribution is 2.22. The molecule has 1 heterocycles. The minimum absolute atomic E-state index is 0.632. The third kappa shape index (κ3) is 2.08. The SMILES string of the molecule is CCn1cncc1C(O)C(C)(C)N. The zero-order chi connectivity index (χ0) is 10.1. The van der Waals surface area contributed by atoms with Gasteiger partial charge in [-0.25, -0.2) is 4.98 Å². The molecule has 0 fully saturated rings. The summed E-state index contributed by atoms with van der Waals surface area (Å²) in [5.41, 5.74) is 5.94. The van der Waals surface area contributed by atoms with Gasteiger partial charge in [0.15, 0.2) is 0 Å². The number of rotatable bonds is 3. The van der Waals surface area contributed by atoms with Gasteiger partial charge in [0, 0.05) is 12.1 Å². The monoisotopic (exact) mass is 183 g/mol. The zero-order valence-electron chi connectivity index (χ0n) is 8.36. The van der Waals surface area contributed by atoms with Crippen LogP contribution in [0.3, 0.4) is 0 Å². The van der Waals surface area contributed by atoms with Gasteiger partial charge in [-0.2, -0.15) is 0 Å². The van der Waals surface area contributed by atoms with E-state index >= 15 is 0 Å². The molecule has 3 N–H and O–H groups in total. The number of hydrogen-bond acceptors (Lipinski definition) is 3. The van der Waals surface area contributed by atoms with Crippen molar-refractivity contribution in [1.29, 1.82) is 0 Å². The second-order valence-corrected chi connectivity index (χ2v) is 3.83. The van der Waals surface area contributed by atoms with Gasteiger partial charge < -0.3 is 15.4 Å². The number of imidazole rings is 1. The van der Waals surface area contributed by atoms with Crippen LogP contribution in [-0.4, -0.2) is 20.2 Å². The number of aliphatic hydroxyl groups is 1. The van der Waals surface area contributed by atoms with E-state index in [0.717, 1.165) is 12.2 Å². The van der Waals surface area contributed by atoms with E-state index in [4.69, 9.17) is 5.73 Å². The lowest BCUT2D eigenvalue weighted by molar-refractivity contribution is 0.0968. The van der Waals surface area contributed by atoms with Gasteiger partial charge >= 0.3 is 0 Å². The van der Waals surface area contributed by atoms with E-state index in [0.29, 0.717) is 0 Å². The summed E-state index contributed by atoms with van der Waals surface area (Å²) < 4.78 is 1.89. The molecule has 4 nitrogen and oxygen atoms in total. The van der Waals surface area contributed by atoms with E-state index in [9.17, 15) is 5.11 Å². The summed E-state index contributed by atoms with van der Waals surface area (Å²) in [6, 6.07) is 0. The fourth-order valence-electron chi connectivity index (χ4n) is 1.20. The van der Waals surface area contributed by atoms with E-state index in [-0.39, 0.29) is 0 Å². The van der Waals surface area contributed by atoms with Crippen molar-refractivity contribution >= 4 is 0 Å². The quantitative estimate of drug-likeness (QED) is 0.724. The summed E-state index contributed by atoms with van der Waals surface area (Å²) in [6.07, 6.45) is 2.68. The van der Waals surface area contributed by atoms with E-state index in [2.05, 4.69) is 4.98 Å². The second-order valence-electron chi connectivity index (χ2n) is 3.83. The second kappa shape index (κ2) is 3.47. The molecule has 4 heteroatoms. The van der Waals surface area contributed by atoms with Crippen LogP contribution in [-0.2, 0) is 6.54 Å². The Kier molecular flexibility index (Phi) is 2.73. The molecular formula is C9H17N3O. The van der Waals surface area contributed by atoms with Crippen molar-refractivity contribution in [3.05, 3.63) is 18.2 Å². The standard InChI is InChI=1S/C9H17N3O/c1-4-12-6-11-5-7(12)8(13)9(2,3)10/h5-6,8,13H,4,10H2,1-3H3. The largest absolute Gasteiger partial charge is 0.385 e. The Morgan fingerprint density at radius 2 is 2.31 bits per heavy atom. The Labute approximate surface area is 78.4 Å². The van der Waals surface area contributed by atoms with Gasteiger partial charge in [-0.1, -0.05) is 0 Å². The molecule has 1 unspecified atom stereocenters. The molecule has 74 valence electrons. The van der Waals surface area contributed by atoms with Gasteiger partial charge in [-0.05, 0) is 20.8 Å². The maximum absolute atomic E-state index is 9.87. The predicted molar refractivity (Wildman–Crippen MR) is 51.1 cm³/mol. The van der Waals surface area contributed by atoms with Gasteiger partial charge in [-0.15, -0.1) is 0 Å². The summed E-state index contributed by atoms with van der Waals surface area (Å²) in [5.74, 6) is 0. The average molecular weight is 183 g/mol. The topological polar surface area (TPSA) is 64.1 Å². The molecule has 0 aromatic carbocycles. The molecule has 1 atom stereocenters. The minimum atomic E-state index is -0.671. The van der Waals surface area contributed by atoms with Crippen LogP contribution in [0.15, 0.2) is 12.5 Å². The van der Waals surface area contributed by atoms with E-state index in [1.165, 1.54) is 0 Å². The van der Waals surface area contributed by atoms with E-state index < -0.39 is 11.6 Å². The lowest BCUT2D eigenvalue weighted by atomic mass is 9.96. The minimum Gasteiger partial charge on any atom is -0.385 e. The van der Waals surface area contributed by atoms with Crippen molar-refractivity contribution in [1.82, 2.24) is 9.55 Å². The van der Waals surface area contributed by atoms with Gasteiger partial charge in [0.25, 0.3) is 0 Å². The molecule has 0 saturated carbocycles. The number of hydrogen-bond donors (Lipinski definition) is 2. The highest BCUT2D eigenvalue weighted by Gasteiger charge is 2.26. The van der Waals surface area contributed by atoms with Crippen molar-refractivity contribution in [3.8, 4) is 0 Å². The highest BCUT2D eigenvalue weighted by molar-refractivity contribution is 5.08. The van der Waals surface area contributed by atoms with Gasteiger partial charge in [0.2, 0.25) is 0 Å². The molecule has 0 aliphatic heterocycles. The van der Waals surface area contributed by atoms with Gasteiger partial charge in [0.1, 0.15) is 6.10 Å². The molecule has 0 aliphatic carbocycles. The fourth-order valence-corrected chi connectivity index (χ4v) is 1.20. The zero-order valence-corrected chi connectivity index (χ0v) is 8.36. The molecule has 0 spiro atoms. The smallest absolute Gasteiger partial charge is 0.113 e. The molecule has 1 aromatic heterocycles. The molecular weight excluding hydrogens is 166 g/mol. The Bertz CT molecular complexity index is 275. The van der Waals surface area contributed by atoms with Crippen molar-refractivity contribution in [2.24, 2.45) is 5.73 Å². The van der Waals surface area contributed by atoms with Crippen LogP contribution in [0.2, 0.25) is 0 Å². The first-order chi connectivity index (χ1) is 5.96. The van der Waals surface area contributed by atoms with Crippen LogP contribution in [0, 0.1) is 0 Å². The molecule has 0 saturated heterocycles. The predicted octanol–water partition coefficient (Wildman–Crippen LogP) is 0.674. The van der Waals surface area contributed by atoms with E-state index in [1.54, 1.807) is 26.4 Å². The molecule has 0 radical (unpaired) electrons. The van der Waals surface area contributed by atoms with Crippen LogP contribution in [0.4, 0.5) is 0 Å². The van der Waals surface area contributed by atoms with Crippen LogP contribution < -0.4 is 5.73 Å². The van der Waals surface area contributed by atoms with Crippen LogP contribution in [0.5, 0.6) is 0 Å². The first kappa shape index (κ1) is 10.2. The Hall–Kier alpha value is -0.870. The Balaban J connectivity index is 2.94. The van der Waals surface area contributed by atoms with Crippen molar-refractivity contribution in [2.75, 3.05) is 0 Å². The number of aryl methyl sites for hydroxylation is 1. The summed E-state index contributed by atoms with van der Waals surface area (Å²) in [6.45, 7) is 6.39. The average Bonchev–Trinajstić information content (AvgIpc) is 2.48. The van der Waals surface area contributed by atoms with Gasteiger partial charge in [-0.3, -0.25) is 0 Å². The normalized spacial score (nSPS) is 14.5. The van der Waals surface area contributed by atoms with E-state index in [1.807, 2.05) is 11.5 Å². The Morgan fingerprint density at radius 3 is 2.77 bits per heavy atom. The fraction of sp³-hybridized carbons (Fsp3) is 0.667. The molecule has 1 rings (SSSR count). The number of aromatic nitrogens is 2. The molecule has 13 heavy (non-hydrogen) atoms. The maximum Gasteiger partial charge on any atom is 0.113 e.